The minimum Gasteiger partial charge on any atom is -0.506 e. The van der Waals surface area contributed by atoms with Crippen LogP contribution in [0.15, 0.2) is 54.6 Å². The number of aromatic hydroxyl groups is 1. The number of aliphatic hydroxyl groups is 1. The van der Waals surface area contributed by atoms with Crippen LogP contribution in [0.5, 0.6) is 11.5 Å². The van der Waals surface area contributed by atoms with Crippen LogP contribution in [0, 0.1) is 0 Å². The summed E-state index contributed by atoms with van der Waals surface area (Å²) in [5.41, 5.74) is 1.38. The number of phenols is 1. The van der Waals surface area contributed by atoms with Gasteiger partial charge in [-0.1, -0.05) is 23.7 Å². The van der Waals surface area contributed by atoms with Crippen molar-refractivity contribution in [3.8, 4) is 11.5 Å². The first-order valence-corrected chi connectivity index (χ1v) is 11.0. The van der Waals surface area contributed by atoms with Crippen molar-refractivity contribution in [2.24, 2.45) is 0 Å². The van der Waals surface area contributed by atoms with Gasteiger partial charge in [0.2, 0.25) is 0 Å². The molecular formula is C26H26ClNO5. The van der Waals surface area contributed by atoms with E-state index in [0.717, 1.165) is 24.2 Å². The molecule has 0 bridgehead atoms. The summed E-state index contributed by atoms with van der Waals surface area (Å²) in [4.78, 5) is 11.3. The number of nitrogens with one attached hydrogen (secondary N) is 1. The molecule has 4 rings (SSSR count). The Hall–Kier alpha value is -3.22. The van der Waals surface area contributed by atoms with Gasteiger partial charge in [-0.2, -0.15) is 0 Å². The zero-order valence-electron chi connectivity index (χ0n) is 18.6. The predicted octanol–water partition coefficient (Wildman–Crippen LogP) is 5.85. The second-order valence-electron chi connectivity index (χ2n) is 9.12. The third kappa shape index (κ3) is 4.63. The number of hydrogen-bond donors (Lipinski definition) is 4. The molecule has 0 aliphatic carbocycles. The van der Waals surface area contributed by atoms with Gasteiger partial charge in [0.15, 0.2) is 0 Å². The van der Waals surface area contributed by atoms with E-state index in [1.807, 2.05) is 26.0 Å². The maximum Gasteiger partial charge on any atom is 0.335 e. The Bertz CT molecular complexity index is 1240. The number of carboxylic acids is 1. The molecule has 0 saturated carbocycles. The van der Waals surface area contributed by atoms with Gasteiger partial charge in [0, 0.05) is 16.9 Å². The normalized spacial score (nSPS) is 16.3. The van der Waals surface area contributed by atoms with E-state index in [1.54, 1.807) is 25.1 Å². The van der Waals surface area contributed by atoms with Gasteiger partial charge in [0.1, 0.15) is 22.7 Å². The Balaban J connectivity index is 1.76. The SMILES string of the molecule is CC1(C)CCc2cc(C(C)(O)c3cc(O)c(Cl)cc3Nc3cccc(C(=O)O)c3)ccc2O1. The molecule has 1 unspecified atom stereocenters. The molecule has 3 aromatic carbocycles. The highest BCUT2D eigenvalue weighted by molar-refractivity contribution is 6.32. The second-order valence-corrected chi connectivity index (χ2v) is 9.52. The largest absolute Gasteiger partial charge is 0.506 e. The van der Waals surface area contributed by atoms with Crippen LogP contribution in [-0.2, 0) is 12.0 Å². The van der Waals surface area contributed by atoms with Gasteiger partial charge < -0.3 is 25.4 Å². The summed E-state index contributed by atoms with van der Waals surface area (Å²) in [6, 6.07) is 14.8. The zero-order chi connectivity index (χ0) is 24.0. The molecule has 7 heteroatoms. The lowest BCUT2D eigenvalue weighted by Crippen LogP contribution is -2.33. The Morgan fingerprint density at radius 2 is 1.91 bits per heavy atom. The summed E-state index contributed by atoms with van der Waals surface area (Å²) in [5.74, 6) is -0.414. The van der Waals surface area contributed by atoms with Crippen LogP contribution < -0.4 is 10.1 Å². The van der Waals surface area contributed by atoms with Gasteiger partial charge >= 0.3 is 5.97 Å². The molecule has 6 nitrogen and oxygen atoms in total. The van der Waals surface area contributed by atoms with Crippen molar-refractivity contribution in [2.75, 3.05) is 5.32 Å². The molecule has 0 spiro atoms. The predicted molar refractivity (Wildman–Crippen MR) is 128 cm³/mol. The summed E-state index contributed by atoms with van der Waals surface area (Å²) < 4.78 is 6.06. The fourth-order valence-electron chi connectivity index (χ4n) is 4.07. The summed E-state index contributed by atoms with van der Waals surface area (Å²) in [6.45, 7) is 5.74. The van der Waals surface area contributed by atoms with E-state index in [9.17, 15) is 20.1 Å². The number of rotatable bonds is 5. The van der Waals surface area contributed by atoms with Crippen LogP contribution in [0.1, 0.15) is 54.2 Å². The Morgan fingerprint density at radius 3 is 2.64 bits per heavy atom. The first-order valence-electron chi connectivity index (χ1n) is 10.6. The fraction of sp³-hybridized carbons (Fsp3) is 0.269. The molecule has 1 aliphatic rings. The number of ether oxygens (including phenoxy) is 1. The molecule has 0 fully saturated rings. The molecule has 0 radical (unpaired) electrons. The van der Waals surface area contributed by atoms with Crippen LogP contribution in [-0.4, -0.2) is 26.9 Å². The number of phenolic OH excluding ortho intramolecular Hbond substituents is 1. The Kier molecular flexibility index (Phi) is 5.76. The average molecular weight is 468 g/mol. The first-order chi connectivity index (χ1) is 15.5. The highest BCUT2D eigenvalue weighted by atomic mass is 35.5. The number of carbonyl (C=O) groups is 1. The molecule has 0 saturated heterocycles. The molecule has 1 heterocycles. The smallest absolute Gasteiger partial charge is 0.335 e. The first kappa shape index (κ1) is 23.0. The van der Waals surface area contributed by atoms with Crippen LogP contribution in [0.25, 0.3) is 0 Å². The zero-order valence-corrected chi connectivity index (χ0v) is 19.4. The lowest BCUT2D eigenvalue weighted by Gasteiger charge is -2.34. The molecule has 33 heavy (non-hydrogen) atoms. The van der Waals surface area contributed by atoms with Crippen molar-refractivity contribution in [1.29, 1.82) is 0 Å². The van der Waals surface area contributed by atoms with Crippen LogP contribution in [0.4, 0.5) is 11.4 Å². The highest BCUT2D eigenvalue weighted by Gasteiger charge is 2.33. The standard InChI is InChI=1S/C26H26ClNO5/c1-25(2)10-9-15-11-17(7-8-23(15)33-25)26(3,32)19-13-22(29)20(27)14-21(19)28-18-6-4-5-16(12-18)24(30)31/h4-8,11-14,28-29,32H,9-10H2,1-3H3,(H,30,31). The number of aryl methyl sites for hydroxylation is 1. The van der Waals surface area contributed by atoms with Gasteiger partial charge in [-0.05, 0) is 87.2 Å². The number of aromatic carboxylic acids is 1. The summed E-state index contributed by atoms with van der Waals surface area (Å²) in [5, 5.41) is 34.5. The van der Waals surface area contributed by atoms with E-state index < -0.39 is 11.6 Å². The van der Waals surface area contributed by atoms with Gasteiger partial charge in [0.25, 0.3) is 0 Å². The van der Waals surface area contributed by atoms with E-state index >= 15 is 0 Å². The van der Waals surface area contributed by atoms with Crippen molar-refractivity contribution < 1.29 is 24.9 Å². The highest BCUT2D eigenvalue weighted by Crippen LogP contribution is 2.42. The molecular weight excluding hydrogens is 442 g/mol. The van der Waals surface area contributed by atoms with Gasteiger partial charge in [-0.3, -0.25) is 0 Å². The minimum atomic E-state index is -1.49. The molecule has 1 atom stereocenters. The van der Waals surface area contributed by atoms with Gasteiger partial charge in [-0.15, -0.1) is 0 Å². The lowest BCUT2D eigenvalue weighted by molar-refractivity contribution is 0.0696. The Morgan fingerprint density at radius 1 is 1.15 bits per heavy atom. The average Bonchev–Trinajstić information content (AvgIpc) is 2.75. The molecule has 0 amide bonds. The number of anilines is 2. The van der Waals surface area contributed by atoms with Crippen LogP contribution >= 0.6 is 11.6 Å². The molecule has 0 aromatic heterocycles. The van der Waals surface area contributed by atoms with Gasteiger partial charge in [0.05, 0.1) is 10.6 Å². The van der Waals surface area contributed by atoms with E-state index in [-0.39, 0.29) is 21.9 Å². The van der Waals surface area contributed by atoms with Crippen LogP contribution in [0.2, 0.25) is 5.02 Å². The number of carboxylic acid groups (broad SMARTS) is 1. The summed E-state index contributed by atoms with van der Waals surface area (Å²) >= 11 is 6.17. The molecule has 4 N–H and O–H groups in total. The lowest BCUT2D eigenvalue weighted by atomic mass is 9.84. The number of fused-ring (bicyclic) bond motifs is 1. The fourth-order valence-corrected chi connectivity index (χ4v) is 4.23. The maximum absolute atomic E-state index is 11.6. The van der Waals surface area contributed by atoms with E-state index in [2.05, 4.69) is 5.32 Å². The van der Waals surface area contributed by atoms with Crippen LogP contribution in [0.3, 0.4) is 0 Å². The van der Waals surface area contributed by atoms with E-state index in [1.165, 1.54) is 24.3 Å². The molecule has 1 aliphatic heterocycles. The van der Waals surface area contributed by atoms with Gasteiger partial charge in [-0.25, -0.2) is 4.79 Å². The number of halogens is 1. The third-order valence-corrected chi connectivity index (χ3v) is 6.31. The van der Waals surface area contributed by atoms with E-state index in [4.69, 9.17) is 16.3 Å². The van der Waals surface area contributed by atoms with Crippen molar-refractivity contribution in [3.05, 3.63) is 81.9 Å². The summed E-state index contributed by atoms with van der Waals surface area (Å²) in [7, 11) is 0. The quantitative estimate of drug-likeness (QED) is 0.351. The minimum absolute atomic E-state index is 0.104. The van der Waals surface area contributed by atoms with Crippen molar-refractivity contribution in [3.63, 3.8) is 0 Å². The second kappa shape index (κ2) is 8.28. The summed E-state index contributed by atoms with van der Waals surface area (Å²) in [6.07, 6.45) is 1.69. The number of benzene rings is 3. The van der Waals surface area contributed by atoms with Crippen molar-refractivity contribution >= 4 is 28.9 Å². The van der Waals surface area contributed by atoms with Crippen molar-refractivity contribution in [2.45, 2.75) is 44.8 Å². The monoisotopic (exact) mass is 467 g/mol. The van der Waals surface area contributed by atoms with E-state index in [0.29, 0.717) is 22.5 Å². The topological polar surface area (TPSA) is 99.0 Å². The molecule has 172 valence electrons. The third-order valence-electron chi connectivity index (χ3n) is 6.01. The maximum atomic E-state index is 11.6. The van der Waals surface area contributed by atoms with Crippen molar-refractivity contribution in [1.82, 2.24) is 0 Å². The number of hydrogen-bond acceptors (Lipinski definition) is 5. The Labute approximate surface area is 197 Å². The molecule has 3 aromatic rings.